The number of hydrogen-bond donors (Lipinski definition) is 1. The van der Waals surface area contributed by atoms with Crippen molar-refractivity contribution >= 4 is 16.7 Å². The standard InChI is InChI=1S/C14H10O2/c1-2-5-11-9-8-10-6-3-4-7-12(10)13(11)14(15)16/h3-4,6-9H,1H3,(H,15,16). The van der Waals surface area contributed by atoms with Gasteiger partial charge in [0.15, 0.2) is 0 Å². The van der Waals surface area contributed by atoms with Crippen molar-refractivity contribution in [2.75, 3.05) is 0 Å². The van der Waals surface area contributed by atoms with Crippen molar-refractivity contribution in [3.63, 3.8) is 0 Å². The van der Waals surface area contributed by atoms with Crippen molar-refractivity contribution in [2.45, 2.75) is 6.92 Å². The van der Waals surface area contributed by atoms with Gasteiger partial charge in [-0.15, -0.1) is 5.92 Å². The maximum absolute atomic E-state index is 11.2. The number of fused-ring (bicyclic) bond motifs is 1. The summed E-state index contributed by atoms with van der Waals surface area (Å²) in [6.07, 6.45) is 0. The van der Waals surface area contributed by atoms with Crippen molar-refractivity contribution in [3.05, 3.63) is 47.5 Å². The highest BCUT2D eigenvalue weighted by molar-refractivity contribution is 6.05. The van der Waals surface area contributed by atoms with Gasteiger partial charge in [0.2, 0.25) is 0 Å². The average Bonchev–Trinajstić information content (AvgIpc) is 2.28. The van der Waals surface area contributed by atoms with Crippen LogP contribution in [0, 0.1) is 11.8 Å². The molecule has 0 radical (unpaired) electrons. The quantitative estimate of drug-likeness (QED) is 0.735. The number of carboxylic acid groups (broad SMARTS) is 1. The Hall–Kier alpha value is -2.27. The zero-order valence-electron chi connectivity index (χ0n) is 8.82. The molecule has 0 aromatic heterocycles. The lowest BCUT2D eigenvalue weighted by atomic mass is 9.99. The molecule has 0 aliphatic heterocycles. The van der Waals surface area contributed by atoms with Crippen LogP contribution in [0.15, 0.2) is 36.4 Å². The van der Waals surface area contributed by atoms with E-state index in [0.29, 0.717) is 5.56 Å². The number of benzene rings is 2. The maximum atomic E-state index is 11.2. The van der Waals surface area contributed by atoms with Crippen LogP contribution in [-0.4, -0.2) is 11.1 Å². The van der Waals surface area contributed by atoms with E-state index in [9.17, 15) is 9.90 Å². The van der Waals surface area contributed by atoms with Crippen LogP contribution in [0.5, 0.6) is 0 Å². The van der Waals surface area contributed by atoms with Crippen molar-refractivity contribution < 1.29 is 9.90 Å². The van der Waals surface area contributed by atoms with Crippen LogP contribution in [0.3, 0.4) is 0 Å². The predicted octanol–water partition coefficient (Wildman–Crippen LogP) is 2.91. The second-order valence-electron chi connectivity index (χ2n) is 3.39. The van der Waals surface area contributed by atoms with Crippen LogP contribution in [0.25, 0.3) is 10.8 Å². The summed E-state index contributed by atoms with van der Waals surface area (Å²) in [6, 6.07) is 11.1. The van der Waals surface area contributed by atoms with Crippen molar-refractivity contribution in [3.8, 4) is 11.8 Å². The molecule has 2 aromatic rings. The van der Waals surface area contributed by atoms with Gasteiger partial charge in [-0.3, -0.25) is 0 Å². The van der Waals surface area contributed by atoms with Gasteiger partial charge in [0.05, 0.1) is 5.56 Å². The van der Waals surface area contributed by atoms with Crippen LogP contribution >= 0.6 is 0 Å². The molecule has 0 atom stereocenters. The van der Waals surface area contributed by atoms with Crippen molar-refractivity contribution in [1.29, 1.82) is 0 Å². The van der Waals surface area contributed by atoms with E-state index < -0.39 is 5.97 Å². The first kappa shape index (κ1) is 10.3. The molecule has 0 amide bonds. The summed E-state index contributed by atoms with van der Waals surface area (Å²) in [5, 5.41) is 10.9. The van der Waals surface area contributed by atoms with Crippen LogP contribution < -0.4 is 0 Å². The largest absolute Gasteiger partial charge is 0.478 e. The third-order valence-corrected chi connectivity index (χ3v) is 2.40. The molecule has 16 heavy (non-hydrogen) atoms. The topological polar surface area (TPSA) is 37.3 Å². The lowest BCUT2D eigenvalue weighted by Gasteiger charge is -2.04. The summed E-state index contributed by atoms with van der Waals surface area (Å²) < 4.78 is 0. The van der Waals surface area contributed by atoms with Crippen LogP contribution in [-0.2, 0) is 0 Å². The Morgan fingerprint density at radius 2 is 1.94 bits per heavy atom. The zero-order chi connectivity index (χ0) is 11.5. The second kappa shape index (κ2) is 4.08. The highest BCUT2D eigenvalue weighted by Gasteiger charge is 2.12. The molecule has 2 heteroatoms. The lowest BCUT2D eigenvalue weighted by molar-refractivity contribution is 0.0699. The first-order valence-electron chi connectivity index (χ1n) is 4.92. The summed E-state index contributed by atoms with van der Waals surface area (Å²) in [7, 11) is 0. The summed E-state index contributed by atoms with van der Waals surface area (Å²) in [5.41, 5.74) is 0.848. The first-order chi connectivity index (χ1) is 7.74. The summed E-state index contributed by atoms with van der Waals surface area (Å²) in [5.74, 6) is 4.61. The molecule has 0 fully saturated rings. The highest BCUT2D eigenvalue weighted by Crippen LogP contribution is 2.22. The van der Waals surface area contributed by atoms with Gasteiger partial charge in [-0.2, -0.15) is 0 Å². The van der Waals surface area contributed by atoms with Crippen LogP contribution in [0.2, 0.25) is 0 Å². The number of carboxylic acids is 1. The Labute approximate surface area is 93.5 Å². The molecule has 78 valence electrons. The molecule has 0 aliphatic rings. The fraction of sp³-hybridized carbons (Fsp3) is 0.0714. The van der Waals surface area contributed by atoms with Crippen LogP contribution in [0.4, 0.5) is 0 Å². The molecular formula is C14H10O2. The SMILES string of the molecule is CC#Cc1ccc2ccccc2c1C(=O)O. The summed E-state index contributed by atoms with van der Waals surface area (Å²) in [4.78, 5) is 11.2. The Kier molecular flexibility index (Phi) is 2.61. The summed E-state index contributed by atoms with van der Waals surface area (Å²) in [6.45, 7) is 1.70. The van der Waals surface area contributed by atoms with E-state index in [4.69, 9.17) is 0 Å². The molecule has 0 bridgehead atoms. The lowest BCUT2D eigenvalue weighted by Crippen LogP contribution is -2.01. The van der Waals surface area contributed by atoms with E-state index in [1.807, 2.05) is 24.3 Å². The monoisotopic (exact) mass is 210 g/mol. The van der Waals surface area contributed by atoms with Gasteiger partial charge in [0, 0.05) is 5.56 Å². The number of rotatable bonds is 1. The number of hydrogen-bond acceptors (Lipinski definition) is 1. The molecule has 2 rings (SSSR count). The van der Waals surface area contributed by atoms with E-state index in [-0.39, 0.29) is 5.56 Å². The Morgan fingerprint density at radius 3 is 2.62 bits per heavy atom. The summed E-state index contributed by atoms with van der Waals surface area (Å²) >= 11 is 0. The second-order valence-corrected chi connectivity index (χ2v) is 3.39. The van der Waals surface area contributed by atoms with E-state index in [1.54, 1.807) is 19.1 Å². The molecule has 0 saturated carbocycles. The van der Waals surface area contributed by atoms with Gasteiger partial charge < -0.3 is 5.11 Å². The number of carbonyl (C=O) groups is 1. The van der Waals surface area contributed by atoms with Gasteiger partial charge in [-0.1, -0.05) is 36.3 Å². The van der Waals surface area contributed by atoms with Gasteiger partial charge in [0.1, 0.15) is 0 Å². The van der Waals surface area contributed by atoms with Gasteiger partial charge in [0.25, 0.3) is 0 Å². The fourth-order valence-corrected chi connectivity index (χ4v) is 1.74. The molecule has 0 spiro atoms. The van der Waals surface area contributed by atoms with Gasteiger partial charge in [-0.05, 0) is 23.8 Å². The Balaban J connectivity index is 2.88. The minimum Gasteiger partial charge on any atom is -0.478 e. The molecule has 0 aliphatic carbocycles. The third-order valence-electron chi connectivity index (χ3n) is 2.40. The molecule has 0 heterocycles. The number of aromatic carboxylic acids is 1. The Morgan fingerprint density at radius 1 is 1.19 bits per heavy atom. The molecule has 1 N–H and O–H groups in total. The molecule has 2 aromatic carbocycles. The third kappa shape index (κ3) is 1.64. The molecule has 0 saturated heterocycles. The zero-order valence-corrected chi connectivity index (χ0v) is 8.82. The average molecular weight is 210 g/mol. The molecular weight excluding hydrogens is 200 g/mol. The van der Waals surface area contributed by atoms with Gasteiger partial charge >= 0.3 is 5.97 Å². The van der Waals surface area contributed by atoms with Crippen molar-refractivity contribution in [1.82, 2.24) is 0 Å². The first-order valence-corrected chi connectivity index (χ1v) is 4.92. The minimum absolute atomic E-state index is 0.285. The van der Waals surface area contributed by atoms with E-state index in [2.05, 4.69) is 11.8 Å². The normalized spacial score (nSPS) is 9.56. The minimum atomic E-state index is -0.936. The van der Waals surface area contributed by atoms with E-state index >= 15 is 0 Å². The molecule has 0 unspecified atom stereocenters. The van der Waals surface area contributed by atoms with E-state index in [1.165, 1.54) is 0 Å². The van der Waals surface area contributed by atoms with Crippen LogP contribution in [0.1, 0.15) is 22.8 Å². The molecule has 2 nitrogen and oxygen atoms in total. The smallest absolute Gasteiger partial charge is 0.337 e. The highest BCUT2D eigenvalue weighted by atomic mass is 16.4. The van der Waals surface area contributed by atoms with Crippen molar-refractivity contribution in [2.24, 2.45) is 0 Å². The maximum Gasteiger partial charge on any atom is 0.337 e. The van der Waals surface area contributed by atoms with Gasteiger partial charge in [-0.25, -0.2) is 4.79 Å². The predicted molar refractivity (Wildman–Crippen MR) is 63.5 cm³/mol. The van der Waals surface area contributed by atoms with E-state index in [0.717, 1.165) is 10.8 Å². The fourth-order valence-electron chi connectivity index (χ4n) is 1.74. The Bertz CT molecular complexity index is 615.